The first-order valence-electron chi connectivity index (χ1n) is 8.32. The maximum absolute atomic E-state index is 12.8. The summed E-state index contributed by atoms with van der Waals surface area (Å²) in [7, 11) is 3.06. The highest BCUT2D eigenvalue weighted by atomic mass is 32.2. The van der Waals surface area contributed by atoms with Crippen molar-refractivity contribution in [3.8, 4) is 11.5 Å². The molecule has 3 rings (SSSR count). The van der Waals surface area contributed by atoms with E-state index >= 15 is 0 Å². The van der Waals surface area contributed by atoms with Gasteiger partial charge in [-0.3, -0.25) is 20.0 Å². The van der Waals surface area contributed by atoms with Crippen molar-refractivity contribution in [1.29, 1.82) is 0 Å². The lowest BCUT2D eigenvalue weighted by Gasteiger charge is -2.11. The van der Waals surface area contributed by atoms with Crippen molar-refractivity contribution >= 4 is 23.4 Å². The predicted molar refractivity (Wildman–Crippen MR) is 104 cm³/mol. The largest absolute Gasteiger partial charge is 0.493 e. The average molecular weight is 415 g/mol. The Morgan fingerprint density at radius 2 is 2.00 bits per heavy atom. The van der Waals surface area contributed by atoms with Crippen LogP contribution in [0.2, 0.25) is 0 Å². The molecule has 1 amide bonds. The van der Waals surface area contributed by atoms with E-state index in [0.717, 1.165) is 17.3 Å². The third kappa shape index (κ3) is 4.82. The molecule has 0 bridgehead atoms. The highest BCUT2D eigenvalue weighted by Crippen LogP contribution is 2.31. The summed E-state index contributed by atoms with van der Waals surface area (Å²) in [5.74, 6) is 0.661. The first-order chi connectivity index (χ1) is 14.0. The smallest absolute Gasteiger partial charge is 0.270 e. The number of aromatic amines is 1. The minimum atomic E-state index is -0.548. The molecule has 0 fully saturated rings. The lowest BCUT2D eigenvalue weighted by molar-refractivity contribution is -0.384. The molecule has 150 valence electrons. The summed E-state index contributed by atoms with van der Waals surface area (Å²) in [5.41, 5.74) is 0.773. The quantitative estimate of drug-likeness (QED) is 0.424. The molecule has 0 aliphatic heterocycles. The Balaban J connectivity index is 1.81. The van der Waals surface area contributed by atoms with Gasteiger partial charge in [0, 0.05) is 23.6 Å². The molecule has 3 aromatic rings. The van der Waals surface area contributed by atoms with Crippen molar-refractivity contribution in [2.45, 2.75) is 16.6 Å². The van der Waals surface area contributed by atoms with Crippen LogP contribution in [0.15, 0.2) is 52.8 Å². The number of amides is 1. The number of carbonyl (C=O) groups excluding carboxylic acids is 1. The summed E-state index contributed by atoms with van der Waals surface area (Å²) in [4.78, 5) is 27.9. The molecule has 0 aliphatic carbocycles. The van der Waals surface area contributed by atoms with Gasteiger partial charge in [0.05, 0.1) is 24.7 Å². The second kappa shape index (κ2) is 9.06. The van der Waals surface area contributed by atoms with Crippen LogP contribution in [0.5, 0.6) is 11.5 Å². The maximum atomic E-state index is 12.8. The first-order valence-corrected chi connectivity index (χ1v) is 9.14. The molecule has 2 aromatic carbocycles. The zero-order valence-corrected chi connectivity index (χ0v) is 16.4. The molecule has 11 heteroatoms. The van der Waals surface area contributed by atoms with Gasteiger partial charge in [-0.05, 0) is 35.5 Å². The summed E-state index contributed by atoms with van der Waals surface area (Å²) in [6.45, 7) is 0.203. The minimum absolute atomic E-state index is 0.168. The number of nitro groups is 1. The molecule has 0 spiro atoms. The van der Waals surface area contributed by atoms with Crippen LogP contribution >= 0.6 is 11.8 Å². The Bertz CT molecular complexity index is 1030. The summed E-state index contributed by atoms with van der Waals surface area (Å²) >= 11 is 1.15. The third-order valence-corrected chi connectivity index (χ3v) is 4.89. The molecule has 0 unspecified atom stereocenters. The number of rotatable bonds is 8. The maximum Gasteiger partial charge on any atom is 0.270 e. The molecule has 1 heterocycles. The van der Waals surface area contributed by atoms with Gasteiger partial charge in [0.25, 0.3) is 11.6 Å². The Morgan fingerprint density at radius 3 is 2.66 bits per heavy atom. The number of methoxy groups -OCH3 is 2. The number of non-ortho nitro benzene ring substituents is 1. The van der Waals surface area contributed by atoms with Crippen molar-refractivity contribution in [2.75, 3.05) is 14.2 Å². The Labute approximate surface area is 169 Å². The number of carbonyl (C=O) groups is 1. The number of H-pyrrole nitrogens is 1. The Hall–Kier alpha value is -3.60. The monoisotopic (exact) mass is 415 g/mol. The van der Waals surface area contributed by atoms with E-state index in [1.807, 2.05) is 0 Å². The second-order valence-corrected chi connectivity index (χ2v) is 6.73. The summed E-state index contributed by atoms with van der Waals surface area (Å²) in [6, 6.07) is 9.36. The van der Waals surface area contributed by atoms with Gasteiger partial charge in [-0.1, -0.05) is 6.07 Å². The third-order valence-electron chi connectivity index (χ3n) is 3.92. The van der Waals surface area contributed by atoms with Crippen LogP contribution < -0.4 is 14.8 Å². The topological polar surface area (TPSA) is 132 Å². The molecule has 0 atom stereocenters. The zero-order chi connectivity index (χ0) is 20.8. The van der Waals surface area contributed by atoms with Crippen LogP contribution in [0, 0.1) is 10.1 Å². The van der Waals surface area contributed by atoms with Gasteiger partial charge in [0.15, 0.2) is 16.7 Å². The molecule has 10 nitrogen and oxygen atoms in total. The lowest BCUT2D eigenvalue weighted by Crippen LogP contribution is -2.23. The van der Waals surface area contributed by atoms with E-state index in [0.29, 0.717) is 21.6 Å². The molecule has 0 radical (unpaired) electrons. The number of benzene rings is 2. The lowest BCUT2D eigenvalue weighted by atomic mass is 10.1. The van der Waals surface area contributed by atoms with Crippen molar-refractivity contribution in [2.24, 2.45) is 0 Å². The van der Waals surface area contributed by atoms with Crippen LogP contribution in [-0.4, -0.2) is 40.2 Å². The van der Waals surface area contributed by atoms with E-state index in [1.165, 1.54) is 38.7 Å². The van der Waals surface area contributed by atoms with E-state index < -0.39 is 10.8 Å². The van der Waals surface area contributed by atoms with Crippen LogP contribution in [0.1, 0.15) is 15.9 Å². The molecule has 29 heavy (non-hydrogen) atoms. The van der Waals surface area contributed by atoms with Crippen LogP contribution in [-0.2, 0) is 6.54 Å². The van der Waals surface area contributed by atoms with Gasteiger partial charge in [-0.15, -0.1) is 0 Å². The van der Waals surface area contributed by atoms with Crippen LogP contribution in [0.25, 0.3) is 0 Å². The van der Waals surface area contributed by atoms with Gasteiger partial charge in [0.1, 0.15) is 6.33 Å². The summed E-state index contributed by atoms with van der Waals surface area (Å²) < 4.78 is 10.5. The molecular formula is C18H17N5O5S. The highest BCUT2D eigenvalue weighted by Gasteiger charge is 2.18. The average Bonchev–Trinajstić information content (AvgIpc) is 3.24. The summed E-state index contributed by atoms with van der Waals surface area (Å²) in [6.07, 6.45) is 1.34. The van der Waals surface area contributed by atoms with E-state index in [4.69, 9.17) is 9.47 Å². The van der Waals surface area contributed by atoms with Gasteiger partial charge < -0.3 is 14.8 Å². The molecule has 2 N–H and O–H groups in total. The van der Waals surface area contributed by atoms with Crippen LogP contribution in [0.3, 0.4) is 0 Å². The van der Waals surface area contributed by atoms with E-state index in [-0.39, 0.29) is 17.8 Å². The van der Waals surface area contributed by atoms with Gasteiger partial charge in [-0.25, -0.2) is 4.98 Å². The number of nitrogens with one attached hydrogen (secondary N) is 2. The fraction of sp³-hybridized carbons (Fsp3) is 0.167. The molecule has 0 saturated heterocycles. The highest BCUT2D eigenvalue weighted by molar-refractivity contribution is 7.99. The van der Waals surface area contributed by atoms with Gasteiger partial charge in [0.2, 0.25) is 0 Å². The fourth-order valence-corrected chi connectivity index (χ4v) is 3.32. The van der Waals surface area contributed by atoms with E-state index in [2.05, 4.69) is 20.5 Å². The van der Waals surface area contributed by atoms with Crippen molar-refractivity contribution < 1.29 is 19.2 Å². The Morgan fingerprint density at radius 1 is 1.21 bits per heavy atom. The number of hydrogen-bond donors (Lipinski definition) is 2. The van der Waals surface area contributed by atoms with E-state index in [9.17, 15) is 14.9 Å². The molecule has 1 aromatic heterocycles. The van der Waals surface area contributed by atoms with Crippen molar-refractivity contribution in [3.63, 3.8) is 0 Å². The standard InChI is InChI=1S/C18H17N5O5S/c1-27-14-5-3-11(7-15(14)28-2)9-19-17(24)13-8-12(23(25)26)4-6-16(13)29-18-20-10-21-22-18/h3-8,10H,9H2,1-2H3,(H,19,24)(H,20,21,22). The van der Waals surface area contributed by atoms with E-state index in [1.54, 1.807) is 18.2 Å². The summed E-state index contributed by atoms with van der Waals surface area (Å²) in [5, 5.41) is 20.8. The molecule has 0 saturated carbocycles. The van der Waals surface area contributed by atoms with Gasteiger partial charge in [-0.2, -0.15) is 5.10 Å². The minimum Gasteiger partial charge on any atom is -0.493 e. The van der Waals surface area contributed by atoms with Crippen LogP contribution in [0.4, 0.5) is 5.69 Å². The van der Waals surface area contributed by atoms with Crippen molar-refractivity contribution in [3.05, 3.63) is 64.0 Å². The number of hydrogen-bond acceptors (Lipinski definition) is 8. The SMILES string of the molecule is COc1ccc(CNC(=O)c2cc([N+](=O)[O-])ccc2Sc2ncn[nH]2)cc1OC. The number of aromatic nitrogens is 3. The number of nitro benzene ring substituents is 1. The van der Waals surface area contributed by atoms with Crippen molar-refractivity contribution in [1.82, 2.24) is 20.5 Å². The second-order valence-electron chi connectivity index (χ2n) is 5.70. The Kier molecular flexibility index (Phi) is 6.29. The number of ether oxygens (including phenoxy) is 2. The zero-order valence-electron chi connectivity index (χ0n) is 15.5. The first kappa shape index (κ1) is 20.1. The molecular weight excluding hydrogens is 398 g/mol. The predicted octanol–water partition coefficient (Wildman–Crippen LogP) is 2.81. The van der Waals surface area contributed by atoms with Gasteiger partial charge >= 0.3 is 0 Å². The number of nitrogens with zero attached hydrogens (tertiary/aromatic N) is 3. The fourth-order valence-electron chi connectivity index (χ4n) is 2.51. The molecule has 0 aliphatic rings. The normalized spacial score (nSPS) is 10.4.